The first-order chi connectivity index (χ1) is 8.06. The average molecular weight is 376 g/mol. The molecule has 18 heavy (non-hydrogen) atoms. The molecule has 2 nitrogen and oxygen atoms in total. The summed E-state index contributed by atoms with van der Waals surface area (Å²) in [4.78, 5) is 11.8. The predicted octanol–water partition coefficient (Wildman–Crippen LogP) is 4.88. The van der Waals surface area contributed by atoms with Crippen molar-refractivity contribution in [3.63, 3.8) is 0 Å². The summed E-state index contributed by atoms with van der Waals surface area (Å²) in [5.74, 6) is 0.801. The van der Waals surface area contributed by atoms with E-state index < -0.39 is 8.32 Å². The Balaban J connectivity index is 3.21. The van der Waals surface area contributed by atoms with Gasteiger partial charge in [-0.2, -0.15) is 0 Å². The van der Waals surface area contributed by atoms with Crippen LogP contribution in [0.15, 0.2) is 18.2 Å². The molecule has 1 aromatic carbocycles. The van der Waals surface area contributed by atoms with Gasteiger partial charge in [0.2, 0.25) is 0 Å². The van der Waals surface area contributed by atoms with Crippen molar-refractivity contribution >= 4 is 36.7 Å². The molecule has 0 bridgehead atoms. The first kappa shape index (κ1) is 15.7. The molecule has 0 aliphatic rings. The average Bonchev–Trinajstić information content (AvgIpc) is 2.14. The Morgan fingerprint density at radius 1 is 1.28 bits per heavy atom. The van der Waals surface area contributed by atoms with E-state index in [0.29, 0.717) is 5.56 Å². The van der Waals surface area contributed by atoms with Crippen molar-refractivity contribution in [2.75, 3.05) is 0 Å². The Hall–Kier alpha value is -0.363. The SMILES string of the molecule is CC(=O)c1c(I)cccc1O[Si](C)(C)C(C)(C)C. The van der Waals surface area contributed by atoms with Crippen LogP contribution < -0.4 is 4.43 Å². The van der Waals surface area contributed by atoms with Gasteiger partial charge >= 0.3 is 0 Å². The summed E-state index contributed by atoms with van der Waals surface area (Å²) in [5.41, 5.74) is 0.711. The predicted molar refractivity (Wildman–Crippen MR) is 87.0 cm³/mol. The van der Waals surface area contributed by atoms with Crippen LogP contribution >= 0.6 is 22.6 Å². The molecular formula is C14H21IO2Si. The molecule has 0 aromatic heterocycles. The Morgan fingerprint density at radius 2 is 1.83 bits per heavy atom. The normalized spacial score (nSPS) is 12.4. The maximum absolute atomic E-state index is 11.8. The van der Waals surface area contributed by atoms with Crippen molar-refractivity contribution in [2.24, 2.45) is 0 Å². The van der Waals surface area contributed by atoms with Gasteiger partial charge in [0.15, 0.2) is 5.78 Å². The second-order valence-electron chi connectivity index (χ2n) is 6.03. The van der Waals surface area contributed by atoms with Gasteiger partial charge in [0, 0.05) is 3.57 Å². The van der Waals surface area contributed by atoms with E-state index in [-0.39, 0.29) is 10.8 Å². The summed E-state index contributed by atoms with van der Waals surface area (Å²) in [5, 5.41) is 0.127. The highest BCUT2D eigenvalue weighted by Crippen LogP contribution is 2.38. The fourth-order valence-electron chi connectivity index (χ4n) is 1.36. The van der Waals surface area contributed by atoms with E-state index >= 15 is 0 Å². The van der Waals surface area contributed by atoms with Gasteiger partial charge < -0.3 is 4.43 Å². The van der Waals surface area contributed by atoms with Gasteiger partial charge in [-0.3, -0.25) is 4.79 Å². The van der Waals surface area contributed by atoms with E-state index in [4.69, 9.17) is 4.43 Å². The number of hydrogen-bond acceptors (Lipinski definition) is 2. The number of hydrogen-bond donors (Lipinski definition) is 0. The third-order valence-electron chi connectivity index (χ3n) is 3.50. The number of carbonyl (C=O) groups is 1. The van der Waals surface area contributed by atoms with Crippen LogP contribution in [0.3, 0.4) is 0 Å². The van der Waals surface area contributed by atoms with E-state index in [9.17, 15) is 4.79 Å². The van der Waals surface area contributed by atoms with Crippen LogP contribution in [-0.4, -0.2) is 14.1 Å². The van der Waals surface area contributed by atoms with Crippen LogP contribution in [0.1, 0.15) is 38.1 Å². The van der Waals surface area contributed by atoms with Crippen LogP contribution in [0.2, 0.25) is 18.1 Å². The molecule has 0 saturated heterocycles. The number of Topliss-reactive ketones (excluding diaryl/α,β-unsaturated/α-hetero) is 1. The fourth-order valence-corrected chi connectivity index (χ4v) is 3.24. The minimum absolute atomic E-state index is 0.0636. The molecule has 0 spiro atoms. The lowest BCUT2D eigenvalue weighted by molar-refractivity contribution is 0.101. The van der Waals surface area contributed by atoms with E-state index in [1.807, 2.05) is 18.2 Å². The molecule has 0 aliphatic carbocycles. The third-order valence-corrected chi connectivity index (χ3v) is 8.74. The zero-order chi connectivity index (χ0) is 14.1. The topological polar surface area (TPSA) is 26.3 Å². The molecular weight excluding hydrogens is 355 g/mol. The fraction of sp³-hybridized carbons (Fsp3) is 0.500. The van der Waals surface area contributed by atoms with Gasteiger partial charge in [0.25, 0.3) is 8.32 Å². The lowest BCUT2D eigenvalue weighted by Crippen LogP contribution is -2.44. The number of rotatable bonds is 3. The van der Waals surface area contributed by atoms with Crippen LogP contribution in [0.4, 0.5) is 0 Å². The maximum Gasteiger partial charge on any atom is 0.250 e. The number of halogens is 1. The zero-order valence-corrected chi connectivity index (χ0v) is 15.1. The van der Waals surface area contributed by atoms with E-state index in [2.05, 4.69) is 56.5 Å². The van der Waals surface area contributed by atoms with Gasteiger partial charge in [0.1, 0.15) is 5.75 Å². The standard InChI is InChI=1S/C14H21IO2Si/c1-10(16)13-11(15)8-7-9-12(13)17-18(5,6)14(2,3)4/h7-9H,1-6H3. The van der Waals surface area contributed by atoms with E-state index in [0.717, 1.165) is 9.32 Å². The lowest BCUT2D eigenvalue weighted by atomic mass is 10.1. The first-order valence-corrected chi connectivity index (χ1v) is 10.0. The first-order valence-electron chi connectivity index (χ1n) is 6.05. The minimum Gasteiger partial charge on any atom is -0.543 e. The molecule has 0 aliphatic heterocycles. The second kappa shape index (κ2) is 5.33. The van der Waals surface area contributed by atoms with Crippen LogP contribution in [-0.2, 0) is 0 Å². The number of carbonyl (C=O) groups excluding carboxylic acids is 1. The Bertz CT molecular complexity index is 461. The van der Waals surface area contributed by atoms with Crippen molar-refractivity contribution in [1.29, 1.82) is 0 Å². The monoisotopic (exact) mass is 376 g/mol. The minimum atomic E-state index is -1.90. The number of benzene rings is 1. The summed E-state index contributed by atoms with van der Waals surface area (Å²) in [6.07, 6.45) is 0. The van der Waals surface area contributed by atoms with E-state index in [1.165, 1.54) is 0 Å². The lowest BCUT2D eigenvalue weighted by Gasteiger charge is -2.37. The van der Waals surface area contributed by atoms with Crippen LogP contribution in [0.25, 0.3) is 0 Å². The van der Waals surface area contributed by atoms with Gasteiger partial charge in [-0.1, -0.05) is 26.8 Å². The van der Waals surface area contributed by atoms with E-state index in [1.54, 1.807) is 6.92 Å². The molecule has 100 valence electrons. The number of ketones is 1. The van der Waals surface area contributed by atoms with Gasteiger partial charge in [-0.05, 0) is 59.8 Å². The molecule has 0 unspecified atom stereocenters. The molecule has 0 radical (unpaired) electrons. The Morgan fingerprint density at radius 3 is 2.28 bits per heavy atom. The Kier molecular flexibility index (Phi) is 4.64. The summed E-state index contributed by atoms with van der Waals surface area (Å²) in [7, 11) is -1.90. The molecule has 0 fully saturated rings. The molecule has 4 heteroatoms. The summed E-state index contributed by atoms with van der Waals surface area (Å²) in [6, 6.07) is 5.78. The largest absolute Gasteiger partial charge is 0.543 e. The zero-order valence-electron chi connectivity index (χ0n) is 11.9. The molecule has 0 atom stereocenters. The second-order valence-corrected chi connectivity index (χ2v) is 11.9. The summed E-state index contributed by atoms with van der Waals surface area (Å²) in [6.45, 7) is 12.6. The van der Waals surface area contributed by atoms with Crippen molar-refractivity contribution < 1.29 is 9.22 Å². The summed E-state index contributed by atoms with van der Waals surface area (Å²) >= 11 is 2.19. The van der Waals surface area contributed by atoms with Gasteiger partial charge in [0.05, 0.1) is 5.56 Å². The van der Waals surface area contributed by atoms with Crippen LogP contribution in [0, 0.1) is 3.57 Å². The molecule has 0 saturated carbocycles. The van der Waals surface area contributed by atoms with Gasteiger partial charge in [-0.25, -0.2) is 0 Å². The molecule has 0 amide bonds. The van der Waals surface area contributed by atoms with Gasteiger partial charge in [-0.15, -0.1) is 0 Å². The highest BCUT2D eigenvalue weighted by atomic mass is 127. The van der Waals surface area contributed by atoms with Crippen LogP contribution in [0.5, 0.6) is 5.75 Å². The quantitative estimate of drug-likeness (QED) is 0.427. The molecule has 0 heterocycles. The Labute approximate surface area is 124 Å². The molecule has 0 N–H and O–H groups in total. The smallest absolute Gasteiger partial charge is 0.250 e. The van der Waals surface area contributed by atoms with Crippen molar-refractivity contribution in [3.8, 4) is 5.75 Å². The van der Waals surface area contributed by atoms with Crippen molar-refractivity contribution in [3.05, 3.63) is 27.3 Å². The van der Waals surface area contributed by atoms with Crippen molar-refractivity contribution in [2.45, 2.75) is 45.8 Å². The third kappa shape index (κ3) is 3.35. The van der Waals surface area contributed by atoms with Crippen molar-refractivity contribution in [1.82, 2.24) is 0 Å². The molecule has 1 aromatic rings. The maximum atomic E-state index is 11.8. The molecule has 1 rings (SSSR count). The highest BCUT2D eigenvalue weighted by molar-refractivity contribution is 14.1. The highest BCUT2D eigenvalue weighted by Gasteiger charge is 2.39. The summed E-state index contributed by atoms with van der Waals surface area (Å²) < 4.78 is 7.21.